The van der Waals surface area contributed by atoms with E-state index >= 15 is 0 Å². The number of aliphatic hydroxyl groups excluding tert-OH is 2. The van der Waals surface area contributed by atoms with Crippen LogP contribution >= 0.6 is 0 Å². The van der Waals surface area contributed by atoms with E-state index in [2.05, 4.69) is 13.8 Å². The van der Waals surface area contributed by atoms with Crippen molar-refractivity contribution in [2.24, 2.45) is 5.92 Å². The third-order valence-corrected chi connectivity index (χ3v) is 3.23. The number of unbranched alkanes of at least 4 members (excludes halogenated alkanes) is 1. The van der Waals surface area contributed by atoms with Crippen LogP contribution in [0.25, 0.3) is 0 Å². The molecular weight excluding hydrogens is 244 g/mol. The van der Waals surface area contributed by atoms with Crippen molar-refractivity contribution in [2.45, 2.75) is 71.2 Å². The van der Waals surface area contributed by atoms with E-state index in [1.807, 2.05) is 6.61 Å². The lowest BCUT2D eigenvalue weighted by Gasteiger charge is -2.27. The molecule has 0 amide bonds. The molecule has 0 aliphatic rings. The minimum atomic E-state index is -0.678. The van der Waals surface area contributed by atoms with Crippen molar-refractivity contribution < 1.29 is 19.7 Å². The van der Waals surface area contributed by atoms with E-state index in [1.54, 1.807) is 6.92 Å². The minimum absolute atomic E-state index is 0.202. The molecule has 0 fully saturated rings. The van der Waals surface area contributed by atoms with Gasteiger partial charge in [-0.3, -0.25) is 0 Å². The molecule has 0 saturated carbocycles. The summed E-state index contributed by atoms with van der Waals surface area (Å²) in [6.07, 6.45) is 2.84. The van der Waals surface area contributed by atoms with Crippen LogP contribution in [0.1, 0.15) is 52.9 Å². The minimum Gasteiger partial charge on any atom is -0.391 e. The molecule has 0 aliphatic carbocycles. The topological polar surface area (TPSA) is 58.9 Å². The molecule has 1 radical (unpaired) electrons. The zero-order valence-corrected chi connectivity index (χ0v) is 12.8. The zero-order valence-electron chi connectivity index (χ0n) is 12.8. The Hall–Kier alpha value is -0.160. The Morgan fingerprint density at radius 2 is 1.84 bits per heavy atom. The molecular formula is C15H31O4. The van der Waals surface area contributed by atoms with Gasteiger partial charge in [-0.1, -0.05) is 26.7 Å². The summed E-state index contributed by atoms with van der Waals surface area (Å²) >= 11 is 0. The predicted molar refractivity (Wildman–Crippen MR) is 76.7 cm³/mol. The van der Waals surface area contributed by atoms with Crippen LogP contribution in [0.5, 0.6) is 0 Å². The average molecular weight is 275 g/mol. The van der Waals surface area contributed by atoms with E-state index in [0.29, 0.717) is 6.42 Å². The summed E-state index contributed by atoms with van der Waals surface area (Å²) in [7, 11) is 1.51. The van der Waals surface area contributed by atoms with Gasteiger partial charge in [0.1, 0.15) is 6.10 Å². The molecule has 0 bridgehead atoms. The van der Waals surface area contributed by atoms with Crippen molar-refractivity contribution in [3.8, 4) is 0 Å². The predicted octanol–water partition coefficient (Wildman–Crippen LogP) is 2.53. The van der Waals surface area contributed by atoms with Crippen LogP contribution in [0, 0.1) is 12.5 Å². The molecule has 115 valence electrons. The number of hydrogen-bond acceptors (Lipinski definition) is 4. The summed E-state index contributed by atoms with van der Waals surface area (Å²) in [6, 6.07) is 0. The third-order valence-electron chi connectivity index (χ3n) is 3.23. The van der Waals surface area contributed by atoms with Gasteiger partial charge in [-0.05, 0) is 32.1 Å². The molecule has 0 aliphatic heterocycles. The van der Waals surface area contributed by atoms with Crippen molar-refractivity contribution in [3.63, 3.8) is 0 Å². The fourth-order valence-corrected chi connectivity index (χ4v) is 2.16. The van der Waals surface area contributed by atoms with Gasteiger partial charge in [0.25, 0.3) is 0 Å². The third kappa shape index (κ3) is 8.58. The number of ether oxygens (including phenoxy) is 2. The van der Waals surface area contributed by atoms with E-state index in [0.717, 1.165) is 32.3 Å². The first-order valence-electron chi connectivity index (χ1n) is 7.40. The van der Waals surface area contributed by atoms with Crippen LogP contribution in [-0.2, 0) is 9.47 Å². The first-order valence-corrected chi connectivity index (χ1v) is 7.40. The monoisotopic (exact) mass is 275 g/mol. The lowest BCUT2D eigenvalue weighted by molar-refractivity contribution is -0.0827. The van der Waals surface area contributed by atoms with E-state index in [4.69, 9.17) is 9.47 Å². The van der Waals surface area contributed by atoms with Crippen LogP contribution in [0.4, 0.5) is 0 Å². The van der Waals surface area contributed by atoms with Gasteiger partial charge in [-0.15, -0.1) is 0 Å². The highest BCUT2D eigenvalue weighted by molar-refractivity contribution is 4.79. The Morgan fingerprint density at radius 1 is 1.16 bits per heavy atom. The molecule has 0 saturated heterocycles. The molecule has 0 spiro atoms. The van der Waals surface area contributed by atoms with Crippen LogP contribution in [-0.4, -0.2) is 42.2 Å². The van der Waals surface area contributed by atoms with Crippen LogP contribution in [0.15, 0.2) is 0 Å². The lowest BCUT2D eigenvalue weighted by Crippen LogP contribution is -2.38. The maximum Gasteiger partial charge on any atom is 0.108 e. The molecule has 0 aromatic carbocycles. The van der Waals surface area contributed by atoms with Crippen molar-refractivity contribution in [2.75, 3.05) is 13.7 Å². The largest absolute Gasteiger partial charge is 0.391 e. The second-order valence-electron chi connectivity index (χ2n) is 5.15. The highest BCUT2D eigenvalue weighted by Gasteiger charge is 2.26. The summed E-state index contributed by atoms with van der Waals surface area (Å²) in [4.78, 5) is 0. The van der Waals surface area contributed by atoms with Gasteiger partial charge in [-0.25, -0.2) is 0 Å². The lowest BCUT2D eigenvalue weighted by atomic mass is 9.93. The highest BCUT2D eigenvalue weighted by atomic mass is 16.5. The first kappa shape index (κ1) is 18.8. The maximum absolute atomic E-state index is 10.1. The molecule has 0 rings (SSSR count). The summed E-state index contributed by atoms with van der Waals surface area (Å²) in [6.45, 7) is 8.45. The van der Waals surface area contributed by atoms with Crippen molar-refractivity contribution in [3.05, 3.63) is 6.61 Å². The molecule has 4 atom stereocenters. The quantitative estimate of drug-likeness (QED) is 0.537. The maximum atomic E-state index is 10.1. The van der Waals surface area contributed by atoms with Crippen LogP contribution < -0.4 is 0 Å². The Morgan fingerprint density at radius 3 is 2.32 bits per heavy atom. The molecule has 19 heavy (non-hydrogen) atoms. The van der Waals surface area contributed by atoms with E-state index < -0.39 is 18.3 Å². The van der Waals surface area contributed by atoms with Gasteiger partial charge in [0.2, 0.25) is 0 Å². The summed E-state index contributed by atoms with van der Waals surface area (Å²) in [5.41, 5.74) is 0. The highest BCUT2D eigenvalue weighted by Crippen LogP contribution is 2.21. The number of aliphatic hydroxyl groups is 2. The van der Waals surface area contributed by atoms with Crippen molar-refractivity contribution >= 4 is 0 Å². The van der Waals surface area contributed by atoms with Gasteiger partial charge < -0.3 is 19.7 Å². The second-order valence-corrected chi connectivity index (χ2v) is 5.15. The molecule has 2 N–H and O–H groups in total. The molecule has 0 heterocycles. The first-order chi connectivity index (χ1) is 9.06. The number of methoxy groups -OCH3 is 1. The van der Waals surface area contributed by atoms with Crippen molar-refractivity contribution in [1.82, 2.24) is 0 Å². The second kappa shape index (κ2) is 11.6. The van der Waals surface area contributed by atoms with E-state index in [9.17, 15) is 10.2 Å². The van der Waals surface area contributed by atoms with Gasteiger partial charge in [0.15, 0.2) is 0 Å². The fraction of sp³-hybridized carbons (Fsp3) is 0.933. The SMILES string of the molecule is CCCCO[CH]C(CCC)CC(O)C(OC)C(C)O. The van der Waals surface area contributed by atoms with Crippen molar-refractivity contribution in [1.29, 1.82) is 0 Å². The van der Waals surface area contributed by atoms with Crippen LogP contribution in [0.3, 0.4) is 0 Å². The molecule has 0 aromatic heterocycles. The van der Waals surface area contributed by atoms with Gasteiger partial charge in [0.05, 0.1) is 18.8 Å². The Bertz CT molecular complexity index is 197. The van der Waals surface area contributed by atoms with Gasteiger partial charge in [0, 0.05) is 13.7 Å². The van der Waals surface area contributed by atoms with Crippen LogP contribution in [0.2, 0.25) is 0 Å². The fourth-order valence-electron chi connectivity index (χ4n) is 2.16. The molecule has 4 heteroatoms. The standard InChI is InChI=1S/C15H31O4/c1-5-7-9-19-11-13(8-6-2)10-14(17)15(18-4)12(3)16/h11-17H,5-10H2,1-4H3. The Balaban J connectivity index is 4.15. The normalized spacial score (nSPS) is 18.0. The molecule has 4 unspecified atom stereocenters. The summed E-state index contributed by atoms with van der Waals surface area (Å²) in [5.74, 6) is 0.202. The summed E-state index contributed by atoms with van der Waals surface area (Å²) in [5, 5.41) is 19.7. The summed E-state index contributed by atoms with van der Waals surface area (Å²) < 4.78 is 10.7. The zero-order chi connectivity index (χ0) is 14.7. The average Bonchev–Trinajstić information content (AvgIpc) is 2.35. The number of hydrogen-bond donors (Lipinski definition) is 2. The van der Waals surface area contributed by atoms with Gasteiger partial charge >= 0.3 is 0 Å². The van der Waals surface area contributed by atoms with Gasteiger partial charge in [-0.2, -0.15) is 0 Å². The Labute approximate surface area is 118 Å². The van der Waals surface area contributed by atoms with E-state index in [-0.39, 0.29) is 5.92 Å². The number of rotatable bonds is 12. The van der Waals surface area contributed by atoms with E-state index in [1.165, 1.54) is 7.11 Å². The molecule has 4 nitrogen and oxygen atoms in total. The Kier molecular flexibility index (Phi) is 11.6. The molecule has 0 aromatic rings. The smallest absolute Gasteiger partial charge is 0.108 e.